The number of hydrogen-bond acceptors (Lipinski definition) is 4. The smallest absolute Gasteiger partial charge is 0.262 e. The van der Waals surface area contributed by atoms with Crippen LogP contribution in [0, 0.1) is 0 Å². The lowest BCUT2D eigenvalue weighted by molar-refractivity contribution is 0.0975. The van der Waals surface area contributed by atoms with Crippen molar-refractivity contribution in [2.24, 2.45) is 0 Å². The molecule has 1 N–H and O–H groups in total. The van der Waals surface area contributed by atoms with Gasteiger partial charge < -0.3 is 14.8 Å². The van der Waals surface area contributed by atoms with E-state index in [2.05, 4.69) is 5.32 Å². The van der Waals surface area contributed by atoms with E-state index in [-0.39, 0.29) is 12.1 Å². The maximum Gasteiger partial charge on any atom is 0.262 e. The molecule has 1 unspecified atom stereocenters. The lowest BCUT2D eigenvalue weighted by atomic mass is 10.0. The zero-order valence-corrected chi connectivity index (χ0v) is 15.2. The Hall–Kier alpha value is -3.47. The normalized spacial score (nSPS) is 15.7. The zero-order valence-electron chi connectivity index (χ0n) is 15.2. The maximum absolute atomic E-state index is 13.4. The first-order valence-corrected chi connectivity index (χ1v) is 8.68. The Balaban J connectivity index is 1.86. The van der Waals surface area contributed by atoms with Gasteiger partial charge in [-0.05, 0) is 42.0 Å². The Bertz CT molecular complexity index is 987. The molecule has 0 aliphatic carbocycles. The molecule has 0 fully saturated rings. The van der Waals surface area contributed by atoms with E-state index in [4.69, 9.17) is 9.47 Å². The standard InChI is InChI=1S/C22H20N2O3/c1-26-17-9-5-7-15(13-17)21-23-20-12-4-3-11-19(20)22(25)24(21)16-8-6-10-18(14-16)27-2/h3-14,21,23H,1-2H3. The topological polar surface area (TPSA) is 50.8 Å². The van der Waals surface area contributed by atoms with E-state index in [9.17, 15) is 4.79 Å². The van der Waals surface area contributed by atoms with Crippen LogP contribution in [0.3, 0.4) is 0 Å². The third-order valence-electron chi connectivity index (χ3n) is 4.67. The minimum atomic E-state index is -0.366. The molecule has 1 heterocycles. The highest BCUT2D eigenvalue weighted by Crippen LogP contribution is 2.38. The van der Waals surface area contributed by atoms with Gasteiger partial charge in [-0.1, -0.05) is 30.3 Å². The van der Waals surface area contributed by atoms with E-state index in [1.807, 2.05) is 72.8 Å². The summed E-state index contributed by atoms with van der Waals surface area (Å²) in [4.78, 5) is 15.1. The molecule has 0 bridgehead atoms. The summed E-state index contributed by atoms with van der Waals surface area (Å²) in [7, 11) is 3.25. The van der Waals surface area contributed by atoms with Crippen molar-refractivity contribution < 1.29 is 14.3 Å². The second kappa shape index (κ2) is 7.03. The van der Waals surface area contributed by atoms with Crippen molar-refractivity contribution in [3.63, 3.8) is 0 Å². The van der Waals surface area contributed by atoms with Gasteiger partial charge in [0.2, 0.25) is 0 Å². The quantitative estimate of drug-likeness (QED) is 0.746. The molecule has 1 amide bonds. The number of hydrogen-bond donors (Lipinski definition) is 1. The molecule has 0 saturated heterocycles. The number of fused-ring (bicyclic) bond motifs is 1. The summed E-state index contributed by atoms with van der Waals surface area (Å²) >= 11 is 0. The lowest BCUT2D eigenvalue weighted by Gasteiger charge is -2.38. The first-order valence-electron chi connectivity index (χ1n) is 8.68. The van der Waals surface area contributed by atoms with Crippen molar-refractivity contribution in [1.82, 2.24) is 0 Å². The molecule has 4 rings (SSSR count). The van der Waals surface area contributed by atoms with Crippen LogP contribution in [0.2, 0.25) is 0 Å². The summed E-state index contributed by atoms with van der Waals surface area (Å²) in [5.74, 6) is 1.38. The van der Waals surface area contributed by atoms with Crippen LogP contribution in [0.25, 0.3) is 0 Å². The van der Waals surface area contributed by atoms with Crippen molar-refractivity contribution in [1.29, 1.82) is 0 Å². The molecule has 1 atom stereocenters. The molecule has 136 valence electrons. The average Bonchev–Trinajstić information content (AvgIpc) is 2.73. The van der Waals surface area contributed by atoms with Crippen LogP contribution in [0.5, 0.6) is 11.5 Å². The molecule has 3 aromatic carbocycles. The number of carbonyl (C=O) groups is 1. The highest BCUT2D eigenvalue weighted by Gasteiger charge is 2.34. The van der Waals surface area contributed by atoms with Crippen LogP contribution in [0.1, 0.15) is 22.1 Å². The Morgan fingerprint density at radius 2 is 1.56 bits per heavy atom. The van der Waals surface area contributed by atoms with Crippen molar-refractivity contribution in [3.8, 4) is 11.5 Å². The van der Waals surface area contributed by atoms with Crippen molar-refractivity contribution in [3.05, 3.63) is 83.9 Å². The van der Waals surface area contributed by atoms with E-state index >= 15 is 0 Å². The molecule has 5 heteroatoms. The van der Waals surface area contributed by atoms with Crippen LogP contribution in [0.4, 0.5) is 11.4 Å². The molecule has 5 nitrogen and oxygen atoms in total. The third kappa shape index (κ3) is 3.08. The van der Waals surface area contributed by atoms with Gasteiger partial charge in [0, 0.05) is 11.8 Å². The number of carbonyl (C=O) groups excluding carboxylic acids is 1. The van der Waals surface area contributed by atoms with Gasteiger partial charge in [-0.15, -0.1) is 0 Å². The van der Waals surface area contributed by atoms with E-state index in [1.54, 1.807) is 19.1 Å². The molecule has 1 aliphatic rings. The Labute approximate surface area is 158 Å². The molecule has 27 heavy (non-hydrogen) atoms. The van der Waals surface area contributed by atoms with E-state index in [0.717, 1.165) is 22.7 Å². The second-order valence-corrected chi connectivity index (χ2v) is 6.25. The second-order valence-electron chi connectivity index (χ2n) is 6.25. The molecule has 0 radical (unpaired) electrons. The minimum absolute atomic E-state index is 0.0644. The molecular formula is C22H20N2O3. The Kier molecular flexibility index (Phi) is 4.42. The number of anilines is 2. The van der Waals surface area contributed by atoms with E-state index < -0.39 is 0 Å². The number of para-hydroxylation sites is 1. The van der Waals surface area contributed by atoms with Crippen LogP contribution < -0.4 is 19.7 Å². The summed E-state index contributed by atoms with van der Waals surface area (Å²) in [5.41, 5.74) is 3.14. The predicted octanol–water partition coefficient (Wildman–Crippen LogP) is 4.47. The number of benzene rings is 3. The monoisotopic (exact) mass is 360 g/mol. The fraction of sp³-hybridized carbons (Fsp3) is 0.136. The fourth-order valence-electron chi connectivity index (χ4n) is 3.33. The first kappa shape index (κ1) is 17.0. The molecule has 0 aromatic heterocycles. The summed E-state index contributed by atoms with van der Waals surface area (Å²) in [6.45, 7) is 0. The van der Waals surface area contributed by atoms with Gasteiger partial charge in [-0.25, -0.2) is 0 Å². The third-order valence-corrected chi connectivity index (χ3v) is 4.67. The van der Waals surface area contributed by atoms with Crippen LogP contribution in [0.15, 0.2) is 72.8 Å². The van der Waals surface area contributed by atoms with Crippen molar-refractivity contribution in [2.45, 2.75) is 6.17 Å². The maximum atomic E-state index is 13.4. The summed E-state index contributed by atoms with van der Waals surface area (Å²) in [6, 6.07) is 22.8. The summed E-state index contributed by atoms with van der Waals surface area (Å²) in [5, 5.41) is 3.49. The predicted molar refractivity (Wildman–Crippen MR) is 106 cm³/mol. The van der Waals surface area contributed by atoms with Crippen LogP contribution in [-0.2, 0) is 0 Å². The molecule has 0 spiro atoms. The van der Waals surface area contributed by atoms with Crippen molar-refractivity contribution in [2.75, 3.05) is 24.4 Å². The number of rotatable bonds is 4. The van der Waals surface area contributed by atoms with Crippen molar-refractivity contribution >= 4 is 17.3 Å². The van der Waals surface area contributed by atoms with Crippen LogP contribution in [-0.4, -0.2) is 20.1 Å². The van der Waals surface area contributed by atoms with Gasteiger partial charge in [0.1, 0.15) is 17.7 Å². The fourth-order valence-corrected chi connectivity index (χ4v) is 3.33. The first-order chi connectivity index (χ1) is 13.2. The Morgan fingerprint density at radius 1 is 0.852 bits per heavy atom. The van der Waals surface area contributed by atoms with Gasteiger partial charge in [0.15, 0.2) is 0 Å². The number of nitrogens with zero attached hydrogens (tertiary/aromatic N) is 1. The number of amides is 1. The summed E-state index contributed by atoms with van der Waals surface area (Å²) < 4.78 is 10.7. The number of methoxy groups -OCH3 is 2. The number of nitrogens with one attached hydrogen (secondary N) is 1. The van der Waals surface area contributed by atoms with Gasteiger partial charge in [0.25, 0.3) is 5.91 Å². The van der Waals surface area contributed by atoms with Gasteiger partial charge in [0.05, 0.1) is 25.5 Å². The number of ether oxygens (including phenoxy) is 2. The zero-order chi connectivity index (χ0) is 18.8. The largest absolute Gasteiger partial charge is 0.497 e. The Morgan fingerprint density at radius 3 is 2.33 bits per heavy atom. The SMILES string of the molecule is COc1cccc(C2Nc3ccccc3C(=O)N2c2cccc(OC)c2)c1. The molecule has 0 saturated carbocycles. The molecule has 3 aromatic rings. The van der Waals surface area contributed by atoms with Crippen LogP contribution >= 0.6 is 0 Å². The molecule has 1 aliphatic heterocycles. The lowest BCUT2D eigenvalue weighted by Crippen LogP contribution is -2.43. The van der Waals surface area contributed by atoms with E-state index in [1.165, 1.54) is 0 Å². The van der Waals surface area contributed by atoms with Gasteiger partial charge >= 0.3 is 0 Å². The highest BCUT2D eigenvalue weighted by atomic mass is 16.5. The van der Waals surface area contributed by atoms with Gasteiger partial charge in [-0.2, -0.15) is 0 Å². The van der Waals surface area contributed by atoms with E-state index in [0.29, 0.717) is 11.3 Å². The van der Waals surface area contributed by atoms with Gasteiger partial charge in [-0.3, -0.25) is 9.69 Å². The minimum Gasteiger partial charge on any atom is -0.497 e. The highest BCUT2D eigenvalue weighted by molar-refractivity contribution is 6.12. The average molecular weight is 360 g/mol. The molecular weight excluding hydrogens is 340 g/mol. The summed E-state index contributed by atoms with van der Waals surface area (Å²) in [6.07, 6.45) is -0.366.